The summed E-state index contributed by atoms with van der Waals surface area (Å²) in [5, 5.41) is 10.3. The number of aryl methyl sites for hydroxylation is 1. The van der Waals surface area contributed by atoms with Crippen LogP contribution in [0.3, 0.4) is 0 Å². The van der Waals surface area contributed by atoms with Crippen LogP contribution in [0.5, 0.6) is 0 Å². The van der Waals surface area contributed by atoms with Gasteiger partial charge >= 0.3 is 0 Å². The zero-order chi connectivity index (χ0) is 14.9. The van der Waals surface area contributed by atoms with Gasteiger partial charge in [-0.3, -0.25) is 5.10 Å². The van der Waals surface area contributed by atoms with E-state index in [1.165, 1.54) is 12.8 Å². The Hall–Kier alpha value is -0.960. The van der Waals surface area contributed by atoms with Crippen LogP contribution in [0.4, 0.5) is 0 Å². The van der Waals surface area contributed by atoms with Crippen molar-refractivity contribution in [3.63, 3.8) is 0 Å². The van der Waals surface area contributed by atoms with E-state index >= 15 is 0 Å². The van der Waals surface area contributed by atoms with Crippen molar-refractivity contribution in [2.24, 2.45) is 0 Å². The molecule has 1 saturated heterocycles. The van der Waals surface area contributed by atoms with Crippen molar-refractivity contribution in [3.05, 3.63) is 11.3 Å². The van der Waals surface area contributed by atoms with Crippen LogP contribution < -0.4 is 10.0 Å². The molecule has 7 nitrogen and oxygen atoms in total. The number of aromatic amines is 1. The first-order valence-corrected chi connectivity index (χ1v) is 8.92. The number of nitrogens with one attached hydrogen (secondary N) is 3. The van der Waals surface area contributed by atoms with Crippen LogP contribution in [0.1, 0.15) is 36.9 Å². The van der Waals surface area contributed by atoms with Gasteiger partial charge in [-0.25, -0.2) is 13.1 Å². The fraction of sp³-hybridized carbons (Fsp3) is 0.769. The van der Waals surface area contributed by atoms with Gasteiger partial charge in [0.1, 0.15) is 0 Å². The summed E-state index contributed by atoms with van der Waals surface area (Å²) < 4.78 is 33.1. The van der Waals surface area contributed by atoms with Gasteiger partial charge in [0.05, 0.1) is 0 Å². The third-order valence-corrected chi connectivity index (χ3v) is 5.47. The van der Waals surface area contributed by atoms with Crippen LogP contribution in [-0.4, -0.2) is 43.9 Å². The third kappa shape index (κ3) is 3.63. The molecule has 1 aromatic heterocycles. The topological polar surface area (TPSA) is 96.1 Å². The standard InChI is InChI=1S/C13H22N4O3S/c1-9-12(8-14-10-2-3-10)13(16-15-9)21(18,19)17-11-4-6-20-7-5-11/h10-11,14,17H,2-8H2,1H3,(H,15,16). The van der Waals surface area contributed by atoms with Gasteiger partial charge in [-0.1, -0.05) is 0 Å². The van der Waals surface area contributed by atoms with Gasteiger partial charge < -0.3 is 10.1 Å². The molecule has 2 aliphatic rings. The van der Waals surface area contributed by atoms with Crippen LogP contribution in [0, 0.1) is 6.92 Å². The van der Waals surface area contributed by atoms with Crippen LogP contribution >= 0.6 is 0 Å². The summed E-state index contributed by atoms with van der Waals surface area (Å²) in [6.45, 7) is 3.59. The van der Waals surface area contributed by atoms with Gasteiger partial charge in [-0.2, -0.15) is 5.10 Å². The Morgan fingerprint density at radius 2 is 1.95 bits per heavy atom. The average Bonchev–Trinajstić information content (AvgIpc) is 3.20. The molecule has 3 N–H and O–H groups in total. The molecule has 118 valence electrons. The van der Waals surface area contributed by atoms with E-state index in [1.807, 2.05) is 6.92 Å². The van der Waals surface area contributed by atoms with Crippen LogP contribution in [0.25, 0.3) is 0 Å². The molecule has 0 aromatic carbocycles. The summed E-state index contributed by atoms with van der Waals surface area (Å²) in [6, 6.07) is 0.461. The van der Waals surface area contributed by atoms with Gasteiger partial charge in [-0.15, -0.1) is 0 Å². The summed E-state index contributed by atoms with van der Waals surface area (Å²) in [5.74, 6) is 0. The summed E-state index contributed by atoms with van der Waals surface area (Å²) in [5.41, 5.74) is 1.54. The van der Waals surface area contributed by atoms with Crippen LogP contribution in [0.2, 0.25) is 0 Å². The van der Waals surface area contributed by atoms with Gasteiger partial charge in [0.15, 0.2) is 5.03 Å². The fourth-order valence-electron chi connectivity index (χ4n) is 2.48. The van der Waals surface area contributed by atoms with Gasteiger partial charge in [0, 0.05) is 43.1 Å². The van der Waals surface area contributed by atoms with E-state index in [2.05, 4.69) is 20.2 Å². The Kier molecular flexibility index (Phi) is 4.30. The van der Waals surface area contributed by atoms with Crippen molar-refractivity contribution in [2.45, 2.75) is 56.3 Å². The molecule has 3 rings (SSSR count). The highest BCUT2D eigenvalue weighted by Crippen LogP contribution is 2.22. The highest BCUT2D eigenvalue weighted by molar-refractivity contribution is 7.89. The van der Waals surface area contributed by atoms with E-state index in [0.717, 1.165) is 11.3 Å². The Morgan fingerprint density at radius 1 is 1.24 bits per heavy atom. The molecule has 1 aliphatic carbocycles. The molecule has 0 bridgehead atoms. The highest BCUT2D eigenvalue weighted by atomic mass is 32.2. The number of sulfonamides is 1. The van der Waals surface area contributed by atoms with Crippen molar-refractivity contribution in [1.29, 1.82) is 0 Å². The zero-order valence-electron chi connectivity index (χ0n) is 12.2. The Labute approximate surface area is 124 Å². The van der Waals surface area contributed by atoms with Crippen molar-refractivity contribution >= 4 is 10.0 Å². The molecule has 1 saturated carbocycles. The average molecular weight is 314 g/mol. The minimum absolute atomic E-state index is 0.0648. The van der Waals surface area contributed by atoms with Crippen molar-refractivity contribution in [2.75, 3.05) is 13.2 Å². The third-order valence-electron chi connectivity index (χ3n) is 3.98. The summed E-state index contributed by atoms with van der Waals surface area (Å²) in [7, 11) is -3.59. The molecular weight excluding hydrogens is 292 g/mol. The SMILES string of the molecule is Cc1[nH]nc(S(=O)(=O)NC2CCOCC2)c1CNC1CC1. The van der Waals surface area contributed by atoms with Crippen LogP contribution in [0.15, 0.2) is 5.03 Å². The zero-order valence-corrected chi connectivity index (χ0v) is 13.0. The number of ether oxygens (including phenoxy) is 1. The minimum Gasteiger partial charge on any atom is -0.381 e. The molecule has 21 heavy (non-hydrogen) atoms. The first-order chi connectivity index (χ1) is 10.1. The summed E-state index contributed by atoms with van der Waals surface area (Å²) in [6.07, 6.45) is 3.75. The molecule has 0 atom stereocenters. The van der Waals surface area contributed by atoms with Gasteiger partial charge in [-0.05, 0) is 32.6 Å². The molecule has 2 heterocycles. The first kappa shape index (κ1) is 15.0. The Bertz CT molecular complexity index is 589. The lowest BCUT2D eigenvalue weighted by Gasteiger charge is -2.22. The number of rotatable bonds is 6. The largest absolute Gasteiger partial charge is 0.381 e. The predicted octanol–water partition coefficient (Wildman–Crippen LogP) is 0.427. The summed E-state index contributed by atoms with van der Waals surface area (Å²) >= 11 is 0. The quantitative estimate of drug-likeness (QED) is 0.707. The lowest BCUT2D eigenvalue weighted by Crippen LogP contribution is -2.39. The molecule has 2 fully saturated rings. The van der Waals surface area contributed by atoms with E-state index in [0.29, 0.717) is 38.6 Å². The van der Waals surface area contributed by atoms with E-state index < -0.39 is 10.0 Å². The fourth-order valence-corrected chi connectivity index (χ4v) is 3.99. The minimum atomic E-state index is -3.59. The normalized spacial score (nSPS) is 20.8. The summed E-state index contributed by atoms with van der Waals surface area (Å²) in [4.78, 5) is 0. The molecule has 1 aliphatic heterocycles. The van der Waals surface area contributed by atoms with E-state index in [-0.39, 0.29) is 11.1 Å². The maximum Gasteiger partial charge on any atom is 0.260 e. The lowest BCUT2D eigenvalue weighted by atomic mass is 10.1. The highest BCUT2D eigenvalue weighted by Gasteiger charge is 2.29. The first-order valence-electron chi connectivity index (χ1n) is 7.43. The molecule has 8 heteroatoms. The lowest BCUT2D eigenvalue weighted by molar-refractivity contribution is 0.0832. The second-order valence-corrected chi connectivity index (χ2v) is 7.42. The molecule has 1 aromatic rings. The number of H-pyrrole nitrogens is 1. The Balaban J connectivity index is 1.73. The molecular formula is C13H22N4O3S. The number of nitrogens with zero attached hydrogens (tertiary/aromatic N) is 1. The van der Waals surface area contributed by atoms with Crippen molar-refractivity contribution in [3.8, 4) is 0 Å². The number of aromatic nitrogens is 2. The number of hydrogen-bond acceptors (Lipinski definition) is 5. The van der Waals surface area contributed by atoms with Crippen molar-refractivity contribution in [1.82, 2.24) is 20.2 Å². The smallest absolute Gasteiger partial charge is 0.260 e. The van der Waals surface area contributed by atoms with E-state index in [9.17, 15) is 8.42 Å². The maximum absolute atomic E-state index is 12.5. The van der Waals surface area contributed by atoms with Gasteiger partial charge in [0.25, 0.3) is 10.0 Å². The second kappa shape index (κ2) is 6.04. The Morgan fingerprint density at radius 3 is 2.62 bits per heavy atom. The molecule has 0 amide bonds. The maximum atomic E-state index is 12.5. The predicted molar refractivity (Wildman–Crippen MR) is 77.3 cm³/mol. The van der Waals surface area contributed by atoms with Gasteiger partial charge in [0.2, 0.25) is 0 Å². The van der Waals surface area contributed by atoms with E-state index in [1.54, 1.807) is 0 Å². The van der Waals surface area contributed by atoms with Crippen molar-refractivity contribution < 1.29 is 13.2 Å². The molecule has 0 unspecified atom stereocenters. The molecule has 0 spiro atoms. The monoisotopic (exact) mass is 314 g/mol. The molecule has 0 radical (unpaired) electrons. The van der Waals surface area contributed by atoms with Crippen LogP contribution in [-0.2, 0) is 21.3 Å². The number of hydrogen-bond donors (Lipinski definition) is 3. The second-order valence-electron chi connectivity index (χ2n) is 5.80. The van der Waals surface area contributed by atoms with E-state index in [4.69, 9.17) is 4.74 Å².